The van der Waals surface area contributed by atoms with E-state index in [0.717, 1.165) is 16.9 Å². The van der Waals surface area contributed by atoms with Crippen molar-refractivity contribution in [3.8, 4) is 5.75 Å². The third kappa shape index (κ3) is 4.18. The van der Waals surface area contributed by atoms with Crippen molar-refractivity contribution in [3.05, 3.63) is 65.5 Å². The minimum absolute atomic E-state index is 0.279. The molecule has 2 aromatic rings. The van der Waals surface area contributed by atoms with Gasteiger partial charge < -0.3 is 14.5 Å². The summed E-state index contributed by atoms with van der Waals surface area (Å²) in [6.45, 7) is 0.279. The second-order valence-electron chi connectivity index (χ2n) is 7.11. The highest BCUT2D eigenvalue weighted by molar-refractivity contribution is 6.03. The Morgan fingerprint density at radius 3 is 2.58 bits per heavy atom. The highest BCUT2D eigenvalue weighted by Crippen LogP contribution is 2.25. The number of urea groups is 1. The van der Waals surface area contributed by atoms with E-state index in [2.05, 4.69) is 20.8 Å². The molecular formula is C21H21FN6O3. The molecule has 1 saturated heterocycles. The van der Waals surface area contributed by atoms with Crippen LogP contribution in [0.15, 0.2) is 58.6 Å². The number of ether oxygens (including phenoxy) is 1. The van der Waals surface area contributed by atoms with Crippen molar-refractivity contribution in [2.24, 2.45) is 10.1 Å². The first-order valence-corrected chi connectivity index (χ1v) is 9.56. The average Bonchev–Trinajstić information content (AvgIpc) is 3.13. The van der Waals surface area contributed by atoms with Crippen LogP contribution >= 0.6 is 0 Å². The molecule has 2 heterocycles. The predicted molar refractivity (Wildman–Crippen MR) is 112 cm³/mol. The van der Waals surface area contributed by atoms with Gasteiger partial charge in [-0.25, -0.2) is 19.6 Å². The standard InChI is InChI=1S/C21H21FN6O3/c1-27-18-17(19(29)25-21(27)30)28(12-14-3-7-15(22)8-4-14)20(24-18)26-23-11-13-5-9-16(31-2)10-6-13/h3-11,17-18H,12H2,1-2H3,(H,24,26)(H,25,29,30)/b23-11+. The van der Waals surface area contributed by atoms with Crippen LogP contribution in [0.2, 0.25) is 0 Å². The number of benzene rings is 2. The topological polar surface area (TPSA) is 98.6 Å². The van der Waals surface area contributed by atoms with Crippen LogP contribution in [0.25, 0.3) is 0 Å². The lowest BCUT2D eigenvalue weighted by Crippen LogP contribution is -2.63. The molecular weight excluding hydrogens is 403 g/mol. The van der Waals surface area contributed by atoms with Gasteiger partial charge >= 0.3 is 6.03 Å². The largest absolute Gasteiger partial charge is 0.497 e. The zero-order valence-electron chi connectivity index (χ0n) is 16.9. The normalized spacial score (nSPS) is 20.5. The third-order valence-electron chi connectivity index (χ3n) is 5.12. The molecule has 0 aliphatic carbocycles. The van der Waals surface area contributed by atoms with Crippen molar-refractivity contribution >= 4 is 24.1 Å². The molecule has 4 rings (SSSR count). The molecule has 31 heavy (non-hydrogen) atoms. The van der Waals surface area contributed by atoms with E-state index in [1.54, 1.807) is 37.4 Å². The van der Waals surface area contributed by atoms with E-state index in [9.17, 15) is 14.0 Å². The van der Waals surface area contributed by atoms with Gasteiger partial charge in [0.1, 0.15) is 11.6 Å². The van der Waals surface area contributed by atoms with Gasteiger partial charge in [-0.05, 0) is 47.5 Å². The monoisotopic (exact) mass is 424 g/mol. The van der Waals surface area contributed by atoms with Gasteiger partial charge in [-0.1, -0.05) is 12.1 Å². The number of carbonyl (C=O) groups is 2. The van der Waals surface area contributed by atoms with Crippen LogP contribution in [0.3, 0.4) is 0 Å². The molecule has 2 unspecified atom stereocenters. The summed E-state index contributed by atoms with van der Waals surface area (Å²) < 4.78 is 18.4. The Morgan fingerprint density at radius 2 is 1.90 bits per heavy atom. The van der Waals surface area contributed by atoms with Crippen LogP contribution in [-0.4, -0.2) is 60.3 Å². The minimum Gasteiger partial charge on any atom is -0.497 e. The molecule has 3 amide bonds. The maximum atomic E-state index is 13.3. The summed E-state index contributed by atoms with van der Waals surface area (Å²) in [4.78, 5) is 32.2. The number of nitrogens with one attached hydrogen (secondary N) is 2. The minimum atomic E-state index is -0.730. The van der Waals surface area contributed by atoms with Gasteiger partial charge in [0.15, 0.2) is 12.2 Å². The Morgan fingerprint density at radius 1 is 1.19 bits per heavy atom. The number of aliphatic imine (C=N–C) groups is 1. The zero-order chi connectivity index (χ0) is 22.0. The van der Waals surface area contributed by atoms with E-state index in [4.69, 9.17) is 4.74 Å². The lowest BCUT2D eigenvalue weighted by atomic mass is 10.1. The number of hydrogen-bond donors (Lipinski definition) is 2. The van der Waals surface area contributed by atoms with Crippen molar-refractivity contribution < 1.29 is 18.7 Å². The summed E-state index contributed by atoms with van der Waals surface area (Å²) >= 11 is 0. The van der Waals surface area contributed by atoms with Crippen LogP contribution in [0, 0.1) is 5.82 Å². The number of methoxy groups -OCH3 is 1. The van der Waals surface area contributed by atoms with Crippen molar-refractivity contribution in [3.63, 3.8) is 0 Å². The number of likely N-dealkylation sites (N-methyl/N-ethyl adjacent to an activating group) is 1. The van der Waals surface area contributed by atoms with Crippen LogP contribution in [0.4, 0.5) is 9.18 Å². The molecule has 10 heteroatoms. The summed E-state index contributed by atoms with van der Waals surface area (Å²) in [6, 6.07) is 12.0. The molecule has 2 aliphatic heterocycles. The van der Waals surface area contributed by atoms with Gasteiger partial charge in [0.25, 0.3) is 5.91 Å². The number of halogens is 1. The van der Waals surface area contributed by atoms with E-state index < -0.39 is 24.1 Å². The second-order valence-corrected chi connectivity index (χ2v) is 7.11. The number of imide groups is 1. The highest BCUT2D eigenvalue weighted by Gasteiger charge is 2.48. The number of amides is 3. The summed E-state index contributed by atoms with van der Waals surface area (Å²) in [6.07, 6.45) is 0.912. The Kier molecular flexibility index (Phi) is 5.52. The van der Waals surface area contributed by atoms with Gasteiger partial charge in [-0.15, -0.1) is 0 Å². The molecule has 1 fully saturated rings. The number of hydrazone groups is 1. The molecule has 160 valence electrons. The number of fused-ring (bicyclic) bond motifs is 1. The smallest absolute Gasteiger partial charge is 0.325 e. The van der Waals surface area contributed by atoms with E-state index in [0.29, 0.717) is 5.96 Å². The first-order chi connectivity index (χ1) is 15.0. The number of nitrogens with zero attached hydrogens (tertiary/aromatic N) is 4. The van der Waals surface area contributed by atoms with Crippen molar-refractivity contribution in [2.75, 3.05) is 14.2 Å². The van der Waals surface area contributed by atoms with Gasteiger partial charge in [-0.3, -0.25) is 10.1 Å². The summed E-state index contributed by atoms with van der Waals surface area (Å²) in [5, 5.41) is 6.56. The second kappa shape index (κ2) is 8.42. The number of rotatable bonds is 5. The predicted octanol–water partition coefficient (Wildman–Crippen LogP) is 1.51. The lowest BCUT2D eigenvalue weighted by Gasteiger charge is -2.36. The van der Waals surface area contributed by atoms with Gasteiger partial charge in [-0.2, -0.15) is 5.10 Å². The molecule has 0 radical (unpaired) electrons. The fourth-order valence-corrected chi connectivity index (χ4v) is 3.43. The maximum Gasteiger partial charge on any atom is 0.325 e. The molecule has 0 spiro atoms. The third-order valence-corrected chi connectivity index (χ3v) is 5.12. The van der Waals surface area contributed by atoms with Crippen molar-refractivity contribution in [1.82, 2.24) is 20.5 Å². The summed E-state index contributed by atoms with van der Waals surface area (Å²) in [5.74, 6) is 0.272. The quantitative estimate of drug-likeness (QED) is 0.560. The summed E-state index contributed by atoms with van der Waals surface area (Å²) in [7, 11) is 3.17. The molecule has 0 aromatic heterocycles. The zero-order valence-corrected chi connectivity index (χ0v) is 16.9. The Balaban J connectivity index is 1.57. The van der Waals surface area contributed by atoms with E-state index >= 15 is 0 Å². The lowest BCUT2D eigenvalue weighted by molar-refractivity contribution is -0.127. The highest BCUT2D eigenvalue weighted by atomic mass is 19.1. The maximum absolute atomic E-state index is 13.3. The molecule has 2 aliphatic rings. The molecule has 2 N–H and O–H groups in total. The number of carbonyl (C=O) groups excluding carboxylic acids is 2. The molecule has 9 nitrogen and oxygen atoms in total. The Hall–Kier alpha value is -3.95. The molecule has 0 bridgehead atoms. The van der Waals surface area contributed by atoms with E-state index in [1.807, 2.05) is 24.3 Å². The Labute approximate surface area is 178 Å². The van der Waals surface area contributed by atoms with Gasteiger partial charge in [0.05, 0.1) is 13.3 Å². The Bertz CT molecular complexity index is 1040. The van der Waals surface area contributed by atoms with Crippen LogP contribution in [0.1, 0.15) is 11.1 Å². The van der Waals surface area contributed by atoms with Gasteiger partial charge in [0.2, 0.25) is 5.96 Å². The van der Waals surface area contributed by atoms with Crippen LogP contribution in [-0.2, 0) is 11.3 Å². The summed E-state index contributed by atoms with van der Waals surface area (Å²) in [5.41, 5.74) is 4.49. The average molecular weight is 424 g/mol. The van der Waals surface area contributed by atoms with Crippen molar-refractivity contribution in [1.29, 1.82) is 0 Å². The van der Waals surface area contributed by atoms with Gasteiger partial charge in [0, 0.05) is 13.6 Å². The fraction of sp³-hybridized carbons (Fsp3) is 0.238. The first kappa shape index (κ1) is 20.3. The first-order valence-electron chi connectivity index (χ1n) is 9.56. The van der Waals surface area contributed by atoms with E-state index in [1.165, 1.54) is 17.0 Å². The van der Waals surface area contributed by atoms with E-state index in [-0.39, 0.29) is 12.4 Å². The molecule has 0 saturated carbocycles. The molecule has 2 aromatic carbocycles. The fourth-order valence-electron chi connectivity index (χ4n) is 3.43. The van der Waals surface area contributed by atoms with Crippen LogP contribution < -0.4 is 15.5 Å². The number of guanidine groups is 1. The molecule has 2 atom stereocenters. The van der Waals surface area contributed by atoms with Crippen molar-refractivity contribution in [2.45, 2.75) is 18.8 Å². The van der Waals surface area contributed by atoms with Crippen LogP contribution in [0.5, 0.6) is 5.75 Å². The number of hydrogen-bond acceptors (Lipinski definition) is 7. The SMILES string of the molecule is COc1ccc(/C=N/NC2=NC3C(C(=O)NC(=O)N3C)N2Cc2ccc(F)cc2)cc1.